The lowest BCUT2D eigenvalue weighted by Gasteiger charge is -2.32. The average Bonchev–Trinajstić information content (AvgIpc) is 2.68. The van der Waals surface area contributed by atoms with Gasteiger partial charge >= 0.3 is 6.09 Å². The van der Waals surface area contributed by atoms with E-state index in [1.165, 1.54) is 10.9 Å². The van der Waals surface area contributed by atoms with E-state index >= 15 is 0 Å². The molecule has 1 aliphatic rings. The molecule has 162 valence electrons. The van der Waals surface area contributed by atoms with Gasteiger partial charge in [0.25, 0.3) is 5.56 Å². The number of aromatic nitrogens is 2. The highest BCUT2D eigenvalue weighted by molar-refractivity contribution is 5.81. The highest BCUT2D eigenvalue weighted by Gasteiger charge is 2.24. The van der Waals surface area contributed by atoms with Crippen LogP contribution in [0.1, 0.15) is 39.2 Å². The Balaban J connectivity index is 1.52. The normalized spacial score (nSPS) is 15.3. The van der Waals surface area contributed by atoms with Crippen LogP contribution in [0.5, 0.6) is 0 Å². The maximum Gasteiger partial charge on any atom is 0.407 e. The first-order valence-corrected chi connectivity index (χ1v) is 10.3. The number of aryl methyl sites for hydroxylation is 1. The highest BCUT2D eigenvalue weighted by atomic mass is 16.6. The SMILES string of the molecule is Cc1cccc2c(=O)n(CC(=O)N3CCC(CNC(=O)OC(C)(C)C)CC3)cnc12. The molecule has 0 bridgehead atoms. The third kappa shape index (κ3) is 5.37. The zero-order chi connectivity index (χ0) is 21.9. The van der Waals surface area contributed by atoms with Gasteiger partial charge in [-0.2, -0.15) is 0 Å². The first-order chi connectivity index (χ1) is 14.1. The van der Waals surface area contributed by atoms with Crippen molar-refractivity contribution in [3.63, 3.8) is 0 Å². The molecule has 1 fully saturated rings. The van der Waals surface area contributed by atoms with Crippen molar-refractivity contribution in [1.29, 1.82) is 0 Å². The van der Waals surface area contributed by atoms with Crippen molar-refractivity contribution in [3.8, 4) is 0 Å². The first-order valence-electron chi connectivity index (χ1n) is 10.3. The van der Waals surface area contributed by atoms with Crippen LogP contribution in [-0.2, 0) is 16.1 Å². The molecule has 2 aromatic rings. The zero-order valence-corrected chi connectivity index (χ0v) is 18.1. The Labute approximate surface area is 176 Å². The second-order valence-electron chi connectivity index (χ2n) is 8.86. The fourth-order valence-electron chi connectivity index (χ4n) is 3.62. The van der Waals surface area contributed by atoms with Crippen molar-refractivity contribution in [2.45, 2.75) is 52.7 Å². The number of piperidine rings is 1. The summed E-state index contributed by atoms with van der Waals surface area (Å²) in [7, 11) is 0. The zero-order valence-electron chi connectivity index (χ0n) is 18.1. The molecule has 0 atom stereocenters. The molecule has 0 spiro atoms. The van der Waals surface area contributed by atoms with Gasteiger partial charge in [-0.3, -0.25) is 14.2 Å². The number of alkyl carbamates (subject to hydrolysis) is 1. The number of likely N-dealkylation sites (tertiary alicyclic amines) is 1. The summed E-state index contributed by atoms with van der Waals surface area (Å²) in [5.74, 6) is 0.207. The van der Waals surface area contributed by atoms with Gasteiger partial charge < -0.3 is 15.0 Å². The summed E-state index contributed by atoms with van der Waals surface area (Å²) in [6.07, 6.45) is 2.63. The molecule has 0 radical (unpaired) electrons. The minimum absolute atomic E-state index is 0.0173. The predicted octanol–water partition coefficient (Wildman–Crippen LogP) is 2.47. The van der Waals surface area contributed by atoms with E-state index in [9.17, 15) is 14.4 Å². The summed E-state index contributed by atoms with van der Waals surface area (Å²) in [6.45, 7) is 9.12. The molecule has 1 aromatic heterocycles. The number of nitrogens with one attached hydrogen (secondary N) is 1. The molecule has 30 heavy (non-hydrogen) atoms. The number of amides is 2. The first kappa shape index (κ1) is 21.8. The van der Waals surface area contributed by atoms with Crippen molar-refractivity contribution >= 4 is 22.9 Å². The smallest absolute Gasteiger partial charge is 0.407 e. The molecule has 0 unspecified atom stereocenters. The van der Waals surface area contributed by atoms with E-state index in [1.807, 2.05) is 39.8 Å². The number of benzene rings is 1. The minimum atomic E-state index is -0.520. The van der Waals surface area contributed by atoms with Crippen LogP contribution in [0.3, 0.4) is 0 Å². The van der Waals surface area contributed by atoms with Crippen LogP contribution in [0, 0.1) is 12.8 Å². The molecule has 0 aliphatic carbocycles. The van der Waals surface area contributed by atoms with Gasteiger partial charge in [0.05, 0.1) is 17.2 Å². The van der Waals surface area contributed by atoms with Crippen LogP contribution in [0.2, 0.25) is 0 Å². The molecular formula is C22H30N4O4. The molecule has 1 N–H and O–H groups in total. The Morgan fingerprint density at radius 1 is 1.23 bits per heavy atom. The summed E-state index contributed by atoms with van der Waals surface area (Å²) in [6, 6.07) is 5.47. The number of carbonyl (C=O) groups is 2. The number of hydrogen-bond acceptors (Lipinski definition) is 5. The summed E-state index contributed by atoms with van der Waals surface area (Å²) in [5.41, 5.74) is 0.886. The monoisotopic (exact) mass is 414 g/mol. The van der Waals surface area contributed by atoms with Gasteiger partial charge in [-0.05, 0) is 58.1 Å². The molecule has 8 nitrogen and oxygen atoms in total. The van der Waals surface area contributed by atoms with Gasteiger partial charge in [0.15, 0.2) is 0 Å². The Morgan fingerprint density at radius 3 is 2.60 bits per heavy atom. The minimum Gasteiger partial charge on any atom is -0.444 e. The summed E-state index contributed by atoms with van der Waals surface area (Å²) < 4.78 is 6.63. The van der Waals surface area contributed by atoms with E-state index in [-0.39, 0.29) is 18.0 Å². The number of hydrogen-bond donors (Lipinski definition) is 1. The maximum absolute atomic E-state index is 12.7. The van der Waals surface area contributed by atoms with Gasteiger partial charge in [-0.25, -0.2) is 9.78 Å². The molecule has 3 rings (SSSR count). The van der Waals surface area contributed by atoms with E-state index in [2.05, 4.69) is 10.3 Å². The number of rotatable bonds is 4. The Hall–Kier alpha value is -2.90. The Kier molecular flexibility index (Phi) is 6.43. The van der Waals surface area contributed by atoms with Crippen molar-refractivity contribution in [2.75, 3.05) is 19.6 Å². The van der Waals surface area contributed by atoms with Crippen molar-refractivity contribution < 1.29 is 14.3 Å². The van der Waals surface area contributed by atoms with Crippen LogP contribution >= 0.6 is 0 Å². The van der Waals surface area contributed by atoms with Crippen LogP contribution in [0.15, 0.2) is 29.3 Å². The fraction of sp³-hybridized carbons (Fsp3) is 0.545. The molecule has 2 heterocycles. The second-order valence-corrected chi connectivity index (χ2v) is 8.86. The van der Waals surface area contributed by atoms with E-state index in [1.54, 1.807) is 11.0 Å². The number of para-hydroxylation sites is 1. The molecule has 8 heteroatoms. The van der Waals surface area contributed by atoms with Crippen molar-refractivity contribution in [3.05, 3.63) is 40.4 Å². The standard InChI is InChI=1S/C22H30N4O4/c1-15-6-5-7-17-19(15)24-14-26(20(17)28)13-18(27)25-10-8-16(9-11-25)12-23-21(29)30-22(2,3)4/h5-7,14,16H,8-13H2,1-4H3,(H,23,29). The van der Waals surface area contributed by atoms with Gasteiger partial charge in [-0.1, -0.05) is 12.1 Å². The van der Waals surface area contributed by atoms with Gasteiger partial charge in [0.2, 0.25) is 5.91 Å². The third-order valence-corrected chi connectivity index (χ3v) is 5.26. The molecule has 1 aromatic carbocycles. The molecule has 0 saturated carbocycles. The van der Waals surface area contributed by atoms with E-state index < -0.39 is 11.7 Å². The van der Waals surface area contributed by atoms with E-state index in [4.69, 9.17) is 4.74 Å². The molecule has 2 amide bonds. The van der Waals surface area contributed by atoms with Crippen LogP contribution in [0.4, 0.5) is 4.79 Å². The Morgan fingerprint density at radius 2 is 1.93 bits per heavy atom. The second kappa shape index (κ2) is 8.85. The van der Waals surface area contributed by atoms with Gasteiger partial charge in [-0.15, -0.1) is 0 Å². The van der Waals surface area contributed by atoms with Crippen molar-refractivity contribution in [1.82, 2.24) is 19.8 Å². The third-order valence-electron chi connectivity index (χ3n) is 5.26. The topological polar surface area (TPSA) is 93.5 Å². The lowest BCUT2D eigenvalue weighted by molar-refractivity contribution is -0.133. The summed E-state index contributed by atoms with van der Waals surface area (Å²) in [4.78, 5) is 43.3. The van der Waals surface area contributed by atoms with E-state index in [0.29, 0.717) is 36.5 Å². The largest absolute Gasteiger partial charge is 0.444 e. The fourth-order valence-corrected chi connectivity index (χ4v) is 3.62. The Bertz CT molecular complexity index is 985. The number of fused-ring (bicyclic) bond motifs is 1. The molecular weight excluding hydrogens is 384 g/mol. The van der Waals surface area contributed by atoms with Crippen LogP contribution < -0.4 is 10.9 Å². The lowest BCUT2D eigenvalue weighted by atomic mass is 9.97. The van der Waals surface area contributed by atoms with Crippen LogP contribution in [0.25, 0.3) is 10.9 Å². The predicted molar refractivity (Wildman–Crippen MR) is 114 cm³/mol. The lowest BCUT2D eigenvalue weighted by Crippen LogP contribution is -2.44. The molecule has 1 aliphatic heterocycles. The summed E-state index contributed by atoms with van der Waals surface area (Å²) >= 11 is 0. The van der Waals surface area contributed by atoms with E-state index in [0.717, 1.165) is 18.4 Å². The molecule has 1 saturated heterocycles. The number of carbonyl (C=O) groups excluding carboxylic acids is 2. The van der Waals surface area contributed by atoms with Gasteiger partial charge in [0, 0.05) is 19.6 Å². The van der Waals surface area contributed by atoms with Crippen LogP contribution in [-0.4, -0.2) is 51.7 Å². The highest BCUT2D eigenvalue weighted by Crippen LogP contribution is 2.17. The average molecular weight is 415 g/mol. The maximum atomic E-state index is 12.7. The van der Waals surface area contributed by atoms with Crippen molar-refractivity contribution in [2.24, 2.45) is 5.92 Å². The van der Waals surface area contributed by atoms with Gasteiger partial charge in [0.1, 0.15) is 12.1 Å². The number of ether oxygens (including phenoxy) is 1. The number of nitrogens with zero attached hydrogens (tertiary/aromatic N) is 3. The quantitative estimate of drug-likeness (QED) is 0.830. The summed E-state index contributed by atoms with van der Waals surface area (Å²) in [5, 5.41) is 3.33.